The molecule has 1 spiro atoms. The van der Waals surface area contributed by atoms with Crippen molar-refractivity contribution >= 4 is 11.7 Å². The number of nitrogens with zero attached hydrogens (tertiary/aromatic N) is 6. The van der Waals surface area contributed by atoms with Gasteiger partial charge in [0, 0.05) is 87.7 Å². The summed E-state index contributed by atoms with van der Waals surface area (Å²) in [5, 5.41) is 3.38. The van der Waals surface area contributed by atoms with Gasteiger partial charge in [-0.15, -0.1) is 0 Å². The zero-order chi connectivity index (χ0) is 33.1. The zero-order valence-electron chi connectivity index (χ0n) is 28.3. The van der Waals surface area contributed by atoms with Gasteiger partial charge in [-0.05, 0) is 63.8 Å². The van der Waals surface area contributed by atoms with Gasteiger partial charge in [0.25, 0.3) is 5.91 Å². The molecule has 2 saturated heterocycles. The van der Waals surface area contributed by atoms with Crippen LogP contribution in [0.25, 0.3) is 0 Å². The minimum atomic E-state index is -0.489. The number of benzene rings is 1. The Hall–Kier alpha value is -3.83. The van der Waals surface area contributed by atoms with E-state index in [9.17, 15) is 9.18 Å². The van der Waals surface area contributed by atoms with E-state index in [1.807, 2.05) is 46.9 Å². The van der Waals surface area contributed by atoms with Gasteiger partial charge in [0.1, 0.15) is 29.7 Å². The molecule has 3 aromatic rings. The van der Waals surface area contributed by atoms with E-state index < -0.39 is 5.82 Å². The SMILES string of the molecule is CC.CCN(C(=O)c1cc(F)ccc1Oc1cncnc1N1CC2(CC(Oc3ccnc4c3CN(CC3CNC3)CC4)C2)C1)C(C)C. The summed E-state index contributed by atoms with van der Waals surface area (Å²) < 4.78 is 27.1. The molecular formula is C36H48FN7O3. The molecule has 47 heavy (non-hydrogen) atoms. The molecule has 10 nitrogen and oxygen atoms in total. The summed E-state index contributed by atoms with van der Waals surface area (Å²) in [6.07, 6.45) is 8.12. The summed E-state index contributed by atoms with van der Waals surface area (Å²) in [5.41, 5.74) is 2.79. The van der Waals surface area contributed by atoms with Crippen molar-refractivity contribution in [2.24, 2.45) is 11.3 Å². The molecule has 11 heteroatoms. The third-order valence-corrected chi connectivity index (χ3v) is 9.77. The molecule has 3 fully saturated rings. The van der Waals surface area contributed by atoms with Crippen molar-refractivity contribution < 1.29 is 18.7 Å². The molecule has 0 unspecified atom stereocenters. The number of hydrogen-bond acceptors (Lipinski definition) is 9. The Bertz CT molecular complexity index is 1550. The van der Waals surface area contributed by atoms with Crippen LogP contribution in [-0.4, -0.2) is 88.6 Å². The molecule has 1 aliphatic carbocycles. The highest BCUT2D eigenvalue weighted by molar-refractivity contribution is 5.97. The van der Waals surface area contributed by atoms with Crippen molar-refractivity contribution in [1.29, 1.82) is 0 Å². The van der Waals surface area contributed by atoms with Crippen LogP contribution in [0.15, 0.2) is 43.0 Å². The average Bonchev–Trinajstić information content (AvgIpc) is 3.02. The van der Waals surface area contributed by atoms with E-state index in [1.54, 1.807) is 11.1 Å². The van der Waals surface area contributed by atoms with Crippen molar-refractivity contribution in [3.05, 3.63) is 65.6 Å². The third kappa shape index (κ3) is 6.92. The Balaban J connectivity index is 0.00000190. The predicted molar refractivity (Wildman–Crippen MR) is 180 cm³/mol. The molecule has 1 aromatic carbocycles. The molecule has 1 N–H and O–H groups in total. The Morgan fingerprint density at radius 1 is 1.13 bits per heavy atom. The Labute approximate surface area is 277 Å². The van der Waals surface area contributed by atoms with Gasteiger partial charge in [0.2, 0.25) is 0 Å². The van der Waals surface area contributed by atoms with Crippen LogP contribution in [0.5, 0.6) is 17.2 Å². The van der Waals surface area contributed by atoms with Crippen LogP contribution < -0.4 is 19.7 Å². The molecule has 1 amide bonds. The van der Waals surface area contributed by atoms with E-state index >= 15 is 0 Å². The first kappa shape index (κ1) is 33.1. The van der Waals surface area contributed by atoms with E-state index in [4.69, 9.17) is 9.47 Å². The predicted octanol–water partition coefficient (Wildman–Crippen LogP) is 5.33. The fraction of sp³-hybridized carbons (Fsp3) is 0.556. The molecule has 0 radical (unpaired) electrons. The van der Waals surface area contributed by atoms with Crippen molar-refractivity contribution in [2.45, 2.75) is 72.6 Å². The Morgan fingerprint density at radius 2 is 1.91 bits per heavy atom. The highest BCUT2D eigenvalue weighted by Gasteiger charge is 2.54. The van der Waals surface area contributed by atoms with Crippen LogP contribution in [-0.2, 0) is 13.0 Å². The first-order valence-electron chi connectivity index (χ1n) is 17.2. The van der Waals surface area contributed by atoms with Crippen molar-refractivity contribution in [3.63, 3.8) is 0 Å². The van der Waals surface area contributed by atoms with E-state index in [-0.39, 0.29) is 34.8 Å². The molecule has 0 bridgehead atoms. The van der Waals surface area contributed by atoms with Gasteiger partial charge >= 0.3 is 0 Å². The molecule has 3 aliphatic heterocycles. The fourth-order valence-corrected chi connectivity index (χ4v) is 7.31. The molecule has 4 aliphatic rings. The molecule has 2 aromatic heterocycles. The van der Waals surface area contributed by atoms with Gasteiger partial charge in [0.15, 0.2) is 11.6 Å². The maximum atomic E-state index is 14.3. The number of amides is 1. The number of aromatic nitrogens is 3. The van der Waals surface area contributed by atoms with Crippen LogP contribution in [0.2, 0.25) is 0 Å². The topological polar surface area (TPSA) is 96.0 Å². The van der Waals surface area contributed by atoms with Crippen LogP contribution in [0.4, 0.5) is 10.2 Å². The second-order valence-electron chi connectivity index (χ2n) is 13.4. The van der Waals surface area contributed by atoms with E-state index in [1.165, 1.54) is 35.8 Å². The second kappa shape index (κ2) is 14.1. The normalized spacial score (nSPS) is 18.7. The second-order valence-corrected chi connectivity index (χ2v) is 13.4. The first-order chi connectivity index (χ1) is 22.8. The highest BCUT2D eigenvalue weighted by Crippen LogP contribution is 2.52. The van der Waals surface area contributed by atoms with Gasteiger partial charge < -0.3 is 24.6 Å². The van der Waals surface area contributed by atoms with Gasteiger partial charge in [-0.1, -0.05) is 13.8 Å². The Morgan fingerprint density at radius 3 is 2.62 bits per heavy atom. The van der Waals surface area contributed by atoms with Gasteiger partial charge in [0.05, 0.1) is 11.8 Å². The smallest absolute Gasteiger partial charge is 0.257 e. The van der Waals surface area contributed by atoms with Crippen LogP contribution in [0.1, 0.15) is 69.1 Å². The molecule has 0 atom stereocenters. The van der Waals surface area contributed by atoms with E-state index in [0.29, 0.717) is 18.1 Å². The molecule has 5 heterocycles. The number of nitrogens with one attached hydrogen (secondary N) is 1. The number of carbonyl (C=O) groups excluding carboxylic acids is 1. The Kier molecular flexibility index (Phi) is 9.93. The average molecular weight is 646 g/mol. The summed E-state index contributed by atoms with van der Waals surface area (Å²) >= 11 is 0. The lowest BCUT2D eigenvalue weighted by atomic mass is 9.61. The number of halogens is 1. The van der Waals surface area contributed by atoms with Gasteiger partial charge in [-0.2, -0.15) is 0 Å². The third-order valence-electron chi connectivity index (χ3n) is 9.77. The maximum absolute atomic E-state index is 14.3. The lowest BCUT2D eigenvalue weighted by molar-refractivity contribution is -0.0353. The zero-order valence-corrected chi connectivity index (χ0v) is 28.3. The number of anilines is 1. The maximum Gasteiger partial charge on any atom is 0.257 e. The minimum absolute atomic E-state index is 0.0322. The van der Waals surface area contributed by atoms with Crippen LogP contribution in [0, 0.1) is 17.2 Å². The number of pyridine rings is 1. The number of hydrogen-bond donors (Lipinski definition) is 1. The van der Waals surface area contributed by atoms with Crippen LogP contribution in [0.3, 0.4) is 0 Å². The lowest BCUT2D eigenvalue weighted by Gasteiger charge is -2.59. The highest BCUT2D eigenvalue weighted by atomic mass is 19.1. The number of ether oxygens (including phenoxy) is 2. The lowest BCUT2D eigenvalue weighted by Crippen LogP contribution is -2.65. The summed E-state index contributed by atoms with van der Waals surface area (Å²) in [6.45, 7) is 17.3. The van der Waals surface area contributed by atoms with E-state index in [0.717, 1.165) is 76.7 Å². The molecule has 252 valence electrons. The summed E-state index contributed by atoms with van der Waals surface area (Å²) in [7, 11) is 0. The van der Waals surface area contributed by atoms with Gasteiger partial charge in [-0.25, -0.2) is 14.4 Å². The van der Waals surface area contributed by atoms with E-state index in [2.05, 4.69) is 30.1 Å². The number of rotatable bonds is 10. The van der Waals surface area contributed by atoms with Crippen molar-refractivity contribution in [3.8, 4) is 17.2 Å². The van der Waals surface area contributed by atoms with Crippen LogP contribution >= 0.6 is 0 Å². The number of fused-ring (bicyclic) bond motifs is 1. The summed E-state index contributed by atoms with van der Waals surface area (Å²) in [6, 6.07) is 6.04. The first-order valence-corrected chi connectivity index (χ1v) is 17.2. The minimum Gasteiger partial charge on any atom is -0.490 e. The number of carbonyl (C=O) groups is 1. The standard InChI is InChI=1S/C34H42FN7O3.C2H6/c1-4-42(22(2)3)33(43)26-11-24(35)5-6-29(26)45-31-16-37-21-39-32(31)41-19-34(20-41)12-25(13-34)44-30-7-9-38-28-8-10-40(18-27(28)30)17-23-14-36-15-23;1-2/h5-7,9,11,16,21-23,25,36H,4,8,10,12-15,17-20H2,1-3H3;1-2H3. The molecule has 7 rings (SSSR count). The quantitative estimate of drug-likeness (QED) is 0.314. The summed E-state index contributed by atoms with van der Waals surface area (Å²) in [5.74, 6) is 2.37. The summed E-state index contributed by atoms with van der Waals surface area (Å²) in [4.78, 5) is 33.1. The largest absolute Gasteiger partial charge is 0.490 e. The molecule has 1 saturated carbocycles. The van der Waals surface area contributed by atoms with Crippen molar-refractivity contribution in [1.82, 2.24) is 30.1 Å². The fourth-order valence-electron chi connectivity index (χ4n) is 7.31. The van der Waals surface area contributed by atoms with Crippen molar-refractivity contribution in [2.75, 3.05) is 50.7 Å². The monoisotopic (exact) mass is 645 g/mol. The van der Waals surface area contributed by atoms with Gasteiger partial charge in [-0.3, -0.25) is 14.7 Å². The molecular weight excluding hydrogens is 597 g/mol.